The third-order valence-electron chi connectivity index (χ3n) is 6.17. The molecule has 0 aliphatic heterocycles. The van der Waals surface area contributed by atoms with Crippen molar-refractivity contribution in [3.05, 3.63) is 0 Å². The van der Waals surface area contributed by atoms with Crippen LogP contribution in [0.25, 0.3) is 0 Å². The van der Waals surface area contributed by atoms with Gasteiger partial charge >= 0.3 is 0 Å². The molecular formula is C18H35N. The molecule has 0 aromatic rings. The van der Waals surface area contributed by atoms with Crippen molar-refractivity contribution in [3.63, 3.8) is 0 Å². The van der Waals surface area contributed by atoms with Crippen LogP contribution in [-0.4, -0.2) is 12.6 Å². The van der Waals surface area contributed by atoms with Crippen LogP contribution >= 0.6 is 0 Å². The molecule has 0 heterocycles. The summed E-state index contributed by atoms with van der Waals surface area (Å²) >= 11 is 0. The second kappa shape index (κ2) is 7.11. The van der Waals surface area contributed by atoms with Crippen molar-refractivity contribution >= 4 is 0 Å². The summed E-state index contributed by atoms with van der Waals surface area (Å²) in [4.78, 5) is 0. The monoisotopic (exact) mass is 265 g/mol. The summed E-state index contributed by atoms with van der Waals surface area (Å²) in [5.74, 6) is 4.73. The van der Waals surface area contributed by atoms with E-state index in [0.29, 0.717) is 0 Å². The van der Waals surface area contributed by atoms with Crippen LogP contribution in [0.1, 0.15) is 72.6 Å². The first-order valence-electron chi connectivity index (χ1n) is 8.86. The average molecular weight is 265 g/mol. The number of rotatable bonds is 5. The van der Waals surface area contributed by atoms with E-state index in [0.717, 1.165) is 35.6 Å². The Bertz CT molecular complexity index is 262. The molecule has 6 atom stereocenters. The summed E-state index contributed by atoms with van der Waals surface area (Å²) in [6, 6.07) is 0.812. The minimum Gasteiger partial charge on any atom is -0.313 e. The summed E-state index contributed by atoms with van der Waals surface area (Å²) in [7, 11) is 0. The molecule has 1 heteroatoms. The van der Waals surface area contributed by atoms with Crippen molar-refractivity contribution in [2.24, 2.45) is 29.6 Å². The SMILES string of the molecule is CCCNC(C1CCC(C)C(C)C1)C1CCCC1C. The second-order valence-corrected chi connectivity index (χ2v) is 7.58. The van der Waals surface area contributed by atoms with E-state index in [4.69, 9.17) is 0 Å². The fourth-order valence-electron chi connectivity index (χ4n) is 4.60. The molecule has 2 aliphatic rings. The van der Waals surface area contributed by atoms with Gasteiger partial charge in [0.05, 0.1) is 0 Å². The summed E-state index contributed by atoms with van der Waals surface area (Å²) in [6.07, 6.45) is 10.1. The highest BCUT2D eigenvalue weighted by molar-refractivity contribution is 4.92. The zero-order chi connectivity index (χ0) is 13.8. The van der Waals surface area contributed by atoms with Gasteiger partial charge in [0.1, 0.15) is 0 Å². The van der Waals surface area contributed by atoms with Gasteiger partial charge in [-0.25, -0.2) is 0 Å². The molecule has 2 rings (SSSR count). The lowest BCUT2D eigenvalue weighted by Crippen LogP contribution is -2.45. The first-order chi connectivity index (χ1) is 9.13. The fraction of sp³-hybridized carbons (Fsp3) is 1.00. The molecule has 0 saturated heterocycles. The minimum atomic E-state index is 0.812. The van der Waals surface area contributed by atoms with Gasteiger partial charge in [0.2, 0.25) is 0 Å². The Hall–Kier alpha value is -0.0400. The molecule has 112 valence electrons. The summed E-state index contributed by atoms with van der Waals surface area (Å²) in [6.45, 7) is 10.9. The normalized spacial score (nSPS) is 41.4. The Morgan fingerprint density at radius 2 is 1.74 bits per heavy atom. The first kappa shape index (κ1) is 15.4. The maximum atomic E-state index is 3.95. The Balaban J connectivity index is 2.00. The van der Waals surface area contributed by atoms with E-state index in [9.17, 15) is 0 Å². The molecule has 1 nitrogen and oxygen atoms in total. The number of nitrogens with one attached hydrogen (secondary N) is 1. The molecule has 0 aromatic carbocycles. The van der Waals surface area contributed by atoms with Gasteiger partial charge < -0.3 is 5.32 Å². The summed E-state index contributed by atoms with van der Waals surface area (Å²) in [5, 5.41) is 3.95. The van der Waals surface area contributed by atoms with Crippen molar-refractivity contribution in [3.8, 4) is 0 Å². The van der Waals surface area contributed by atoms with E-state index >= 15 is 0 Å². The van der Waals surface area contributed by atoms with E-state index in [2.05, 4.69) is 33.0 Å². The number of hydrogen-bond donors (Lipinski definition) is 1. The summed E-state index contributed by atoms with van der Waals surface area (Å²) in [5.41, 5.74) is 0. The van der Waals surface area contributed by atoms with Crippen LogP contribution in [0.2, 0.25) is 0 Å². The molecule has 0 amide bonds. The molecule has 0 spiro atoms. The predicted octanol–water partition coefficient (Wildman–Crippen LogP) is 4.86. The van der Waals surface area contributed by atoms with Crippen molar-refractivity contribution < 1.29 is 0 Å². The quantitative estimate of drug-likeness (QED) is 0.748. The van der Waals surface area contributed by atoms with Crippen molar-refractivity contribution in [1.82, 2.24) is 5.32 Å². The van der Waals surface area contributed by atoms with Crippen molar-refractivity contribution in [2.45, 2.75) is 78.7 Å². The van der Waals surface area contributed by atoms with Crippen LogP contribution in [-0.2, 0) is 0 Å². The van der Waals surface area contributed by atoms with Gasteiger partial charge in [-0.15, -0.1) is 0 Å². The van der Waals surface area contributed by atoms with Gasteiger partial charge in [0, 0.05) is 6.04 Å². The van der Waals surface area contributed by atoms with E-state index in [1.165, 1.54) is 51.5 Å². The molecular weight excluding hydrogens is 230 g/mol. The van der Waals surface area contributed by atoms with E-state index < -0.39 is 0 Å². The highest BCUT2D eigenvalue weighted by Gasteiger charge is 2.37. The molecule has 6 unspecified atom stereocenters. The zero-order valence-electron chi connectivity index (χ0n) is 13.6. The van der Waals surface area contributed by atoms with Gasteiger partial charge in [-0.2, -0.15) is 0 Å². The van der Waals surface area contributed by atoms with Gasteiger partial charge in [-0.05, 0) is 61.8 Å². The Labute approximate surface area is 120 Å². The molecule has 2 fully saturated rings. The van der Waals surface area contributed by atoms with Crippen LogP contribution in [0.3, 0.4) is 0 Å². The van der Waals surface area contributed by atoms with Crippen LogP contribution in [0.5, 0.6) is 0 Å². The van der Waals surface area contributed by atoms with Crippen molar-refractivity contribution in [2.75, 3.05) is 6.54 Å². The van der Waals surface area contributed by atoms with Gasteiger partial charge in [0.15, 0.2) is 0 Å². The number of hydrogen-bond acceptors (Lipinski definition) is 1. The highest BCUT2D eigenvalue weighted by atomic mass is 14.9. The molecule has 0 aromatic heterocycles. The first-order valence-corrected chi connectivity index (χ1v) is 8.86. The predicted molar refractivity (Wildman–Crippen MR) is 84.3 cm³/mol. The van der Waals surface area contributed by atoms with Crippen LogP contribution in [0.15, 0.2) is 0 Å². The standard InChI is InChI=1S/C18H35N/c1-5-11-19-18(17-8-6-7-14(17)3)16-10-9-13(2)15(4)12-16/h13-19H,5-12H2,1-4H3. The highest BCUT2D eigenvalue weighted by Crippen LogP contribution is 2.42. The third-order valence-corrected chi connectivity index (χ3v) is 6.17. The molecule has 2 aliphatic carbocycles. The maximum absolute atomic E-state index is 3.95. The average Bonchev–Trinajstić information content (AvgIpc) is 2.80. The van der Waals surface area contributed by atoms with Crippen LogP contribution < -0.4 is 5.32 Å². The molecule has 19 heavy (non-hydrogen) atoms. The van der Waals surface area contributed by atoms with Crippen LogP contribution in [0.4, 0.5) is 0 Å². The van der Waals surface area contributed by atoms with E-state index in [-0.39, 0.29) is 0 Å². The lowest BCUT2D eigenvalue weighted by molar-refractivity contribution is 0.128. The fourth-order valence-corrected chi connectivity index (χ4v) is 4.60. The Morgan fingerprint density at radius 1 is 0.947 bits per heavy atom. The smallest absolute Gasteiger partial charge is 0.0126 e. The zero-order valence-corrected chi connectivity index (χ0v) is 13.6. The second-order valence-electron chi connectivity index (χ2n) is 7.58. The Kier molecular flexibility index (Phi) is 5.74. The van der Waals surface area contributed by atoms with Gasteiger partial charge in [-0.3, -0.25) is 0 Å². The van der Waals surface area contributed by atoms with Gasteiger partial charge in [0.25, 0.3) is 0 Å². The topological polar surface area (TPSA) is 12.0 Å². The van der Waals surface area contributed by atoms with Gasteiger partial charge in [-0.1, -0.05) is 47.0 Å². The lowest BCUT2D eigenvalue weighted by atomic mass is 9.69. The minimum absolute atomic E-state index is 0.812. The van der Waals surface area contributed by atoms with E-state index in [1.807, 2.05) is 0 Å². The lowest BCUT2D eigenvalue weighted by Gasteiger charge is -2.41. The largest absolute Gasteiger partial charge is 0.313 e. The van der Waals surface area contributed by atoms with Crippen molar-refractivity contribution in [1.29, 1.82) is 0 Å². The Morgan fingerprint density at radius 3 is 2.32 bits per heavy atom. The molecule has 0 bridgehead atoms. The molecule has 1 N–H and O–H groups in total. The van der Waals surface area contributed by atoms with E-state index in [1.54, 1.807) is 0 Å². The molecule has 0 radical (unpaired) electrons. The third kappa shape index (κ3) is 3.74. The van der Waals surface area contributed by atoms with Crippen LogP contribution in [0, 0.1) is 29.6 Å². The molecule has 2 saturated carbocycles. The maximum Gasteiger partial charge on any atom is 0.0126 e. The summed E-state index contributed by atoms with van der Waals surface area (Å²) < 4.78 is 0.